The van der Waals surface area contributed by atoms with Crippen LogP contribution in [0.25, 0.3) is 5.69 Å². The molecule has 0 unspecified atom stereocenters. The molecule has 0 spiro atoms. The van der Waals surface area contributed by atoms with Crippen LogP contribution in [-0.2, 0) is 11.8 Å². The van der Waals surface area contributed by atoms with Gasteiger partial charge in [-0.1, -0.05) is 18.2 Å². The molecule has 0 radical (unpaired) electrons. The number of benzene rings is 1. The number of carbonyl (C=O) groups excluding carboxylic acids is 1. The van der Waals surface area contributed by atoms with E-state index in [1.165, 1.54) is 4.68 Å². The maximum Gasteiger partial charge on any atom is 0.340 e. The first-order valence-corrected chi connectivity index (χ1v) is 8.04. The number of hydrogen-bond donors (Lipinski definition) is 0. The summed E-state index contributed by atoms with van der Waals surface area (Å²) in [5, 5.41) is 19.5. The van der Waals surface area contributed by atoms with Gasteiger partial charge in [0, 0.05) is 13.1 Å². The van der Waals surface area contributed by atoms with Crippen LogP contribution in [0.5, 0.6) is 5.95 Å². The molecule has 2 heterocycles. The van der Waals surface area contributed by atoms with Gasteiger partial charge in [-0.2, -0.15) is 0 Å². The van der Waals surface area contributed by atoms with Gasteiger partial charge in [0.2, 0.25) is 5.63 Å². The van der Waals surface area contributed by atoms with E-state index in [4.69, 9.17) is 0 Å². The minimum Gasteiger partial charge on any atom is -0.547 e. The number of ether oxygens (including phenoxy) is 1. The van der Waals surface area contributed by atoms with Gasteiger partial charge in [0.1, 0.15) is 5.69 Å². The van der Waals surface area contributed by atoms with Gasteiger partial charge in [-0.15, -0.1) is 10.2 Å². The lowest BCUT2D eigenvalue weighted by molar-refractivity contribution is -0.294. The third kappa shape index (κ3) is 3.22. The van der Waals surface area contributed by atoms with Gasteiger partial charge in [-0.25, -0.2) is 9.48 Å². The highest BCUT2D eigenvalue weighted by Gasteiger charge is 2.18. The molecule has 0 saturated heterocycles. The fraction of sp³-hybridized carbons (Fsp3) is 0.167. The van der Waals surface area contributed by atoms with Gasteiger partial charge >= 0.3 is 5.97 Å². The lowest BCUT2D eigenvalue weighted by atomic mass is 10.2. The zero-order valence-corrected chi connectivity index (χ0v) is 15.2. The summed E-state index contributed by atoms with van der Waals surface area (Å²) >= 11 is 0. The van der Waals surface area contributed by atoms with Crippen molar-refractivity contribution in [3.05, 3.63) is 68.4 Å². The maximum atomic E-state index is 12.8. The van der Waals surface area contributed by atoms with Crippen LogP contribution < -0.4 is 16.3 Å². The number of azo groups is 1. The number of nitrogens with zero attached hydrogens (tertiary/aromatic N) is 4. The summed E-state index contributed by atoms with van der Waals surface area (Å²) in [4.78, 5) is 36.0. The smallest absolute Gasteiger partial charge is 0.340 e. The van der Waals surface area contributed by atoms with Crippen molar-refractivity contribution >= 4 is 17.3 Å². The fourth-order valence-corrected chi connectivity index (χ4v) is 2.59. The number of hydrogen-bond acceptors (Lipinski definition) is 8. The Kier molecular flexibility index (Phi) is 4.94. The Morgan fingerprint density at radius 2 is 1.79 bits per heavy atom. The lowest BCUT2D eigenvalue weighted by Crippen LogP contribution is -2.19. The Labute approximate surface area is 157 Å². The standard InChI is InChI=1S/C18H16N4O6/c1-10-14(16(24)22(21(10)2)11-7-5-4-6-8-11)19-20-15-12(17(25)27-3)9-13(23)28-18(15)26/h4-9,26H,1-3H3/p-1. The topological polar surface area (TPSA) is 131 Å². The molecule has 0 aliphatic rings. The first-order chi connectivity index (χ1) is 13.3. The molecule has 28 heavy (non-hydrogen) atoms. The van der Waals surface area contributed by atoms with Gasteiger partial charge in [0.15, 0.2) is 5.69 Å². The van der Waals surface area contributed by atoms with Gasteiger partial charge in [0.05, 0.1) is 30.0 Å². The van der Waals surface area contributed by atoms with E-state index < -0.39 is 34.4 Å². The van der Waals surface area contributed by atoms with Crippen molar-refractivity contribution in [2.24, 2.45) is 17.3 Å². The average molecular weight is 383 g/mol. The van der Waals surface area contributed by atoms with Crippen molar-refractivity contribution in [2.45, 2.75) is 6.92 Å². The highest BCUT2D eigenvalue weighted by Crippen LogP contribution is 2.29. The Morgan fingerprint density at radius 1 is 1.14 bits per heavy atom. The van der Waals surface area contributed by atoms with Crippen LogP contribution in [0.4, 0.5) is 11.4 Å². The Bertz CT molecular complexity index is 1190. The first-order valence-electron chi connectivity index (χ1n) is 8.04. The minimum atomic E-state index is -1.16. The predicted molar refractivity (Wildman–Crippen MR) is 95.7 cm³/mol. The van der Waals surface area contributed by atoms with Gasteiger partial charge < -0.3 is 14.3 Å². The molecule has 3 aromatic rings. The van der Waals surface area contributed by atoms with E-state index in [1.807, 2.05) is 6.07 Å². The third-order valence-corrected chi connectivity index (χ3v) is 4.08. The van der Waals surface area contributed by atoms with Crippen molar-refractivity contribution in [1.29, 1.82) is 0 Å². The molecule has 10 nitrogen and oxygen atoms in total. The summed E-state index contributed by atoms with van der Waals surface area (Å²) in [6, 6.07) is 9.66. The number of esters is 1. The molecule has 0 atom stereocenters. The molecule has 0 aliphatic heterocycles. The van der Waals surface area contributed by atoms with Crippen LogP contribution >= 0.6 is 0 Å². The van der Waals surface area contributed by atoms with Crippen molar-refractivity contribution in [2.75, 3.05) is 7.11 Å². The SMILES string of the molecule is COC(=O)c1cc(=O)oc([O-])c1N=Nc1c(C)n(C)n(-c2ccccc2)c1=O. The second-order valence-electron chi connectivity index (χ2n) is 5.72. The zero-order valence-electron chi connectivity index (χ0n) is 15.2. The largest absolute Gasteiger partial charge is 0.547 e. The van der Waals surface area contributed by atoms with E-state index in [2.05, 4.69) is 19.4 Å². The number of para-hydroxylation sites is 1. The maximum absolute atomic E-state index is 12.8. The molecule has 3 rings (SSSR count). The predicted octanol–water partition coefficient (Wildman–Crippen LogP) is 1.71. The Morgan fingerprint density at radius 3 is 2.43 bits per heavy atom. The monoisotopic (exact) mass is 383 g/mol. The normalized spacial score (nSPS) is 11.1. The van der Waals surface area contributed by atoms with Crippen LogP contribution in [0, 0.1) is 6.92 Å². The molecule has 0 fully saturated rings. The van der Waals surface area contributed by atoms with Gasteiger partial charge in [-0.05, 0) is 19.1 Å². The van der Waals surface area contributed by atoms with E-state index in [9.17, 15) is 19.5 Å². The van der Waals surface area contributed by atoms with Crippen LogP contribution in [0.15, 0.2) is 60.6 Å². The average Bonchev–Trinajstić information content (AvgIpc) is 2.89. The number of methoxy groups -OCH3 is 1. The summed E-state index contributed by atoms with van der Waals surface area (Å²) < 4.78 is 11.9. The molecule has 0 saturated carbocycles. The highest BCUT2D eigenvalue weighted by molar-refractivity contribution is 5.95. The number of rotatable bonds is 4. The van der Waals surface area contributed by atoms with E-state index >= 15 is 0 Å². The van der Waals surface area contributed by atoms with Crippen molar-refractivity contribution in [3.63, 3.8) is 0 Å². The second kappa shape index (κ2) is 7.35. The van der Waals surface area contributed by atoms with Crippen LogP contribution in [0.2, 0.25) is 0 Å². The molecule has 10 heteroatoms. The summed E-state index contributed by atoms with van der Waals surface area (Å²) in [6.07, 6.45) is 0. The molecule has 0 aliphatic carbocycles. The number of carbonyl (C=O) groups is 1. The molecule has 0 N–H and O–H groups in total. The highest BCUT2D eigenvalue weighted by atomic mass is 16.5. The van der Waals surface area contributed by atoms with E-state index in [0.29, 0.717) is 11.4 Å². The molecule has 144 valence electrons. The van der Waals surface area contributed by atoms with E-state index in [-0.39, 0.29) is 5.69 Å². The summed E-state index contributed by atoms with van der Waals surface area (Å²) in [5.41, 5.74) is -1.37. The van der Waals surface area contributed by atoms with Gasteiger partial charge in [0.25, 0.3) is 5.56 Å². The molecule has 0 amide bonds. The second-order valence-corrected chi connectivity index (χ2v) is 5.72. The first kappa shape index (κ1) is 18.8. The molecule has 0 bridgehead atoms. The van der Waals surface area contributed by atoms with Crippen molar-refractivity contribution < 1.29 is 19.1 Å². The summed E-state index contributed by atoms with van der Waals surface area (Å²) in [7, 11) is 2.76. The van der Waals surface area contributed by atoms with Gasteiger partial charge in [-0.3, -0.25) is 14.3 Å². The molecule has 1 aromatic carbocycles. The summed E-state index contributed by atoms with van der Waals surface area (Å²) in [6.45, 7) is 1.65. The Balaban J connectivity index is 2.14. The van der Waals surface area contributed by atoms with Crippen LogP contribution in [0.3, 0.4) is 0 Å². The number of aromatic nitrogens is 2. The summed E-state index contributed by atoms with van der Waals surface area (Å²) in [5.74, 6) is -2.11. The Hall–Kier alpha value is -3.95. The molecule has 2 aromatic heterocycles. The molecular formula is C18H15N4O6-. The fourth-order valence-electron chi connectivity index (χ4n) is 2.59. The molecular weight excluding hydrogens is 368 g/mol. The zero-order chi connectivity index (χ0) is 20.4. The van der Waals surface area contributed by atoms with Crippen molar-refractivity contribution in [1.82, 2.24) is 9.36 Å². The van der Waals surface area contributed by atoms with E-state index in [0.717, 1.165) is 13.2 Å². The van der Waals surface area contributed by atoms with Crippen LogP contribution in [-0.4, -0.2) is 22.4 Å². The minimum absolute atomic E-state index is 0.0345. The lowest BCUT2D eigenvalue weighted by Gasteiger charge is -2.08. The van der Waals surface area contributed by atoms with Crippen LogP contribution in [0.1, 0.15) is 16.1 Å². The quantitative estimate of drug-likeness (QED) is 0.498. The van der Waals surface area contributed by atoms with Crippen molar-refractivity contribution in [3.8, 4) is 11.6 Å². The van der Waals surface area contributed by atoms with E-state index in [1.54, 1.807) is 42.9 Å². The third-order valence-electron chi connectivity index (χ3n) is 4.08.